The molecule has 55 heavy (non-hydrogen) atoms. The Labute approximate surface area is 326 Å². The Morgan fingerprint density at radius 3 is 2.02 bits per heavy atom. The fraction of sp³-hybridized carbons (Fsp3) is 0.468. The van der Waals surface area contributed by atoms with Crippen molar-refractivity contribution in [1.29, 1.82) is 0 Å². The van der Waals surface area contributed by atoms with Crippen molar-refractivity contribution >= 4 is 6.03 Å². The van der Waals surface area contributed by atoms with Crippen LogP contribution >= 0.6 is 0 Å². The highest BCUT2D eigenvalue weighted by Gasteiger charge is 2.51. The highest BCUT2D eigenvalue weighted by molar-refractivity contribution is 5.75. The molecule has 4 aliphatic carbocycles. The van der Waals surface area contributed by atoms with Crippen molar-refractivity contribution in [3.63, 3.8) is 0 Å². The first-order valence-corrected chi connectivity index (χ1v) is 20.7. The van der Waals surface area contributed by atoms with E-state index >= 15 is 0 Å². The number of aliphatic hydroxyl groups is 1. The number of rotatable bonds is 11. The van der Waals surface area contributed by atoms with Crippen molar-refractivity contribution < 1.29 is 19.4 Å². The Morgan fingerprint density at radius 2 is 1.33 bits per heavy atom. The minimum atomic E-state index is -0.488. The maximum absolute atomic E-state index is 13.1. The number of nitrogens with one attached hydrogen (secondary N) is 2. The summed E-state index contributed by atoms with van der Waals surface area (Å²) in [6.45, 7) is 6.50. The number of piperazine rings is 1. The van der Waals surface area contributed by atoms with Crippen molar-refractivity contribution in [3.8, 4) is 11.1 Å². The SMILES string of the molecule is O=C(NCc1cccc(-c2ccc([C@H]3O[C@@H](CN4CCN(Cc5ccccc5)CC4)C[C@@H](c4ccc(CO)cc4)O3)cc2)c1)NC12CC3CC(CC(C3)C1)C2. The van der Waals surface area contributed by atoms with E-state index in [0.29, 0.717) is 6.54 Å². The van der Waals surface area contributed by atoms with Crippen molar-refractivity contribution in [1.82, 2.24) is 20.4 Å². The van der Waals surface area contributed by atoms with Crippen LogP contribution in [0.1, 0.15) is 85.2 Å². The number of carbonyl (C=O) groups is 1. The Hall–Kier alpha value is -4.05. The molecule has 2 heterocycles. The van der Waals surface area contributed by atoms with Gasteiger partial charge >= 0.3 is 6.03 Å². The minimum absolute atomic E-state index is 0.0108. The third-order valence-corrected chi connectivity index (χ3v) is 13.1. The molecule has 6 aliphatic rings. The van der Waals surface area contributed by atoms with Crippen LogP contribution in [0, 0.1) is 17.8 Å². The monoisotopic (exact) mass is 740 g/mol. The van der Waals surface area contributed by atoms with Crippen LogP contribution in [0.25, 0.3) is 11.1 Å². The molecular formula is C47H56N4O4. The highest BCUT2D eigenvalue weighted by Crippen LogP contribution is 2.55. The van der Waals surface area contributed by atoms with Crippen molar-refractivity contribution in [2.45, 2.75) is 88.7 Å². The molecule has 8 nitrogen and oxygen atoms in total. The zero-order valence-electron chi connectivity index (χ0n) is 32.0. The number of aliphatic hydroxyl groups excluding tert-OH is 1. The first kappa shape index (κ1) is 36.6. The quantitative estimate of drug-likeness (QED) is 0.145. The van der Waals surface area contributed by atoms with Crippen molar-refractivity contribution in [2.24, 2.45) is 17.8 Å². The molecule has 4 saturated carbocycles. The lowest BCUT2D eigenvalue weighted by Gasteiger charge is -2.56. The van der Waals surface area contributed by atoms with Gasteiger partial charge in [0.1, 0.15) is 0 Å². The van der Waals surface area contributed by atoms with E-state index in [2.05, 4.69) is 111 Å². The van der Waals surface area contributed by atoms with Gasteiger partial charge in [0.05, 0.1) is 18.8 Å². The molecule has 2 amide bonds. The standard InChI is InChI=1S/C47H56N4O4/c52-32-34-9-11-40(12-10-34)44-25-43(31-51-19-17-50(18-20-51)30-33-5-2-1-3-6-33)54-45(55-44)41-15-13-39(14-16-41)42-8-4-7-35(24-42)29-48-46(53)49-47-26-36-21-37(27-47)23-38(22-36)28-47/h1-16,24,36-38,43-45,52H,17-23,25-32H2,(H2,48,49,53)/t36?,37?,38?,43-,44+,45+,47?/m1/s1. The maximum Gasteiger partial charge on any atom is 0.315 e. The molecule has 4 aromatic carbocycles. The van der Waals surface area contributed by atoms with E-state index in [-0.39, 0.29) is 30.4 Å². The largest absolute Gasteiger partial charge is 0.392 e. The van der Waals surface area contributed by atoms with Gasteiger partial charge in [0, 0.05) is 63.3 Å². The molecule has 288 valence electrons. The predicted molar refractivity (Wildman–Crippen MR) is 215 cm³/mol. The summed E-state index contributed by atoms with van der Waals surface area (Å²) in [6.07, 6.45) is 7.76. The van der Waals surface area contributed by atoms with E-state index in [4.69, 9.17) is 9.47 Å². The second-order valence-electron chi connectivity index (χ2n) is 17.2. The zero-order valence-corrected chi connectivity index (χ0v) is 32.0. The maximum atomic E-state index is 13.1. The zero-order chi connectivity index (χ0) is 37.2. The summed E-state index contributed by atoms with van der Waals surface area (Å²) in [5, 5.41) is 16.3. The molecule has 0 unspecified atom stereocenters. The van der Waals surface area contributed by atoms with Gasteiger partial charge in [-0.25, -0.2) is 4.79 Å². The summed E-state index contributed by atoms with van der Waals surface area (Å²) in [5.74, 6) is 2.40. The van der Waals surface area contributed by atoms with Gasteiger partial charge in [-0.15, -0.1) is 0 Å². The van der Waals surface area contributed by atoms with Crippen LogP contribution in [-0.2, 0) is 29.2 Å². The van der Waals surface area contributed by atoms with Gasteiger partial charge in [0.15, 0.2) is 6.29 Å². The van der Waals surface area contributed by atoms with Crippen LogP contribution in [0.15, 0.2) is 103 Å². The molecule has 8 heteroatoms. The topological polar surface area (TPSA) is 86.3 Å². The fourth-order valence-corrected chi connectivity index (χ4v) is 10.7. The van der Waals surface area contributed by atoms with E-state index in [1.165, 1.54) is 24.8 Å². The molecule has 3 atom stereocenters. The molecule has 3 N–H and O–H groups in total. The molecule has 0 aromatic heterocycles. The van der Waals surface area contributed by atoms with E-state index in [1.807, 2.05) is 12.1 Å². The fourth-order valence-electron chi connectivity index (χ4n) is 10.7. The number of hydrogen-bond donors (Lipinski definition) is 3. The lowest BCUT2D eigenvalue weighted by atomic mass is 9.53. The van der Waals surface area contributed by atoms with Gasteiger partial charge in [-0.1, -0.05) is 97.1 Å². The summed E-state index contributed by atoms with van der Waals surface area (Å²) in [7, 11) is 0. The molecule has 2 aliphatic heterocycles. The van der Waals surface area contributed by atoms with Gasteiger partial charge in [0.25, 0.3) is 0 Å². The van der Waals surface area contributed by atoms with Crippen LogP contribution in [0.5, 0.6) is 0 Å². The van der Waals surface area contributed by atoms with Crippen LogP contribution in [0.2, 0.25) is 0 Å². The van der Waals surface area contributed by atoms with Gasteiger partial charge in [-0.3, -0.25) is 9.80 Å². The van der Waals surface area contributed by atoms with Crippen molar-refractivity contribution in [3.05, 3.63) is 131 Å². The van der Waals surface area contributed by atoms with Gasteiger partial charge in [-0.2, -0.15) is 0 Å². The molecule has 4 aromatic rings. The third-order valence-electron chi connectivity index (χ3n) is 13.1. The molecule has 2 saturated heterocycles. The summed E-state index contributed by atoms with van der Waals surface area (Å²) in [5.41, 5.74) is 7.69. The molecule has 0 spiro atoms. The number of hydrogen-bond acceptors (Lipinski definition) is 6. The average Bonchev–Trinajstić information content (AvgIpc) is 3.21. The summed E-state index contributed by atoms with van der Waals surface area (Å²) >= 11 is 0. The Morgan fingerprint density at radius 1 is 0.673 bits per heavy atom. The van der Waals surface area contributed by atoms with Crippen LogP contribution < -0.4 is 10.6 Å². The molecule has 4 bridgehead atoms. The van der Waals surface area contributed by atoms with Crippen LogP contribution in [0.4, 0.5) is 4.79 Å². The summed E-state index contributed by atoms with van der Waals surface area (Å²) in [4.78, 5) is 18.2. The second-order valence-corrected chi connectivity index (χ2v) is 17.2. The minimum Gasteiger partial charge on any atom is -0.392 e. The lowest BCUT2D eigenvalue weighted by molar-refractivity contribution is -0.253. The van der Waals surface area contributed by atoms with E-state index in [0.717, 1.165) is 116 Å². The number of benzene rings is 4. The smallest absolute Gasteiger partial charge is 0.315 e. The van der Waals surface area contributed by atoms with Gasteiger partial charge < -0.3 is 25.2 Å². The third kappa shape index (κ3) is 8.69. The Balaban J connectivity index is 0.833. The summed E-state index contributed by atoms with van der Waals surface area (Å²) in [6, 6.07) is 35.8. The molecular weight excluding hydrogens is 685 g/mol. The van der Waals surface area contributed by atoms with E-state index in [1.54, 1.807) is 0 Å². The van der Waals surface area contributed by atoms with Gasteiger partial charge in [-0.05, 0) is 95.7 Å². The first-order chi connectivity index (χ1) is 26.9. The lowest BCUT2D eigenvalue weighted by Crippen LogP contribution is -2.61. The number of nitrogens with zero attached hydrogens (tertiary/aromatic N) is 2. The number of urea groups is 1. The predicted octanol–water partition coefficient (Wildman–Crippen LogP) is 7.98. The Bertz CT molecular complexity index is 1860. The van der Waals surface area contributed by atoms with Crippen molar-refractivity contribution in [2.75, 3.05) is 32.7 Å². The molecule has 6 fully saturated rings. The average molecular weight is 741 g/mol. The normalized spacial score (nSPS) is 29.3. The van der Waals surface area contributed by atoms with E-state index in [9.17, 15) is 9.90 Å². The van der Waals surface area contributed by atoms with Crippen LogP contribution in [-0.4, -0.2) is 65.3 Å². The molecule has 10 rings (SSSR count). The first-order valence-electron chi connectivity index (χ1n) is 20.7. The van der Waals surface area contributed by atoms with Gasteiger partial charge in [0.2, 0.25) is 0 Å². The summed E-state index contributed by atoms with van der Waals surface area (Å²) < 4.78 is 13.4. The Kier molecular flexibility index (Phi) is 10.8. The van der Waals surface area contributed by atoms with Crippen LogP contribution in [0.3, 0.4) is 0 Å². The van der Waals surface area contributed by atoms with E-state index < -0.39 is 6.29 Å². The molecule has 0 radical (unpaired) electrons. The number of ether oxygens (including phenoxy) is 2. The number of carbonyl (C=O) groups excluding carboxylic acids is 1. The second kappa shape index (κ2) is 16.2. The highest BCUT2D eigenvalue weighted by atomic mass is 16.7. The number of amides is 2.